The Balaban J connectivity index is 2.33. The maximum atomic E-state index is 12.4. The Morgan fingerprint density at radius 2 is 2.09 bits per heavy atom. The van der Waals surface area contributed by atoms with Gasteiger partial charge in [0.15, 0.2) is 0 Å². The van der Waals surface area contributed by atoms with Crippen molar-refractivity contribution in [3.63, 3.8) is 0 Å². The van der Waals surface area contributed by atoms with E-state index in [2.05, 4.69) is 12.2 Å². The molecule has 2 aliphatic rings. The lowest BCUT2D eigenvalue weighted by atomic mass is 9.60. The van der Waals surface area contributed by atoms with Crippen LogP contribution in [-0.4, -0.2) is 37.0 Å². The Bertz CT molecular complexity index is 491. The molecule has 2 aliphatic carbocycles. The normalized spacial score (nSPS) is 29.0. The van der Waals surface area contributed by atoms with Crippen LogP contribution in [0.1, 0.15) is 46.0 Å². The van der Waals surface area contributed by atoms with Crippen LogP contribution in [0.5, 0.6) is 0 Å². The molecule has 1 fully saturated rings. The lowest BCUT2D eigenvalue weighted by molar-refractivity contribution is -0.157. The molecule has 2 rings (SSSR count). The van der Waals surface area contributed by atoms with Gasteiger partial charge in [0, 0.05) is 25.1 Å². The standard InChI is InChI=1S/C18H27NO3/c1-4-19(5-2)16(20)13-14-9-8-12-18(17(21)22-3)11-7-6-10-15(14)18/h6,10,13,15H,4-5,7-9,11-12H2,1-3H3/b14-13+/t15-,18+/m1/s1. The number of hydrogen-bond acceptors (Lipinski definition) is 3. The summed E-state index contributed by atoms with van der Waals surface area (Å²) in [5.74, 6) is -0.0515. The summed E-state index contributed by atoms with van der Waals surface area (Å²) in [6, 6.07) is 0. The fraction of sp³-hybridized carbons (Fsp3) is 0.667. The Hall–Kier alpha value is -1.58. The third kappa shape index (κ3) is 2.96. The minimum Gasteiger partial charge on any atom is -0.469 e. The van der Waals surface area contributed by atoms with Crippen LogP contribution in [-0.2, 0) is 14.3 Å². The summed E-state index contributed by atoms with van der Waals surface area (Å²) >= 11 is 0. The van der Waals surface area contributed by atoms with Gasteiger partial charge in [-0.1, -0.05) is 17.7 Å². The van der Waals surface area contributed by atoms with Gasteiger partial charge in [0.25, 0.3) is 0 Å². The third-order valence-electron chi connectivity index (χ3n) is 5.14. The SMILES string of the molecule is CCN(CC)C(=O)/C=C1\CCC[C@@]2(C(=O)OC)CCC=C[C@H]12. The molecule has 4 heteroatoms. The van der Waals surface area contributed by atoms with E-state index in [9.17, 15) is 9.59 Å². The van der Waals surface area contributed by atoms with Crippen LogP contribution in [0.25, 0.3) is 0 Å². The monoisotopic (exact) mass is 305 g/mol. The summed E-state index contributed by atoms with van der Waals surface area (Å²) < 4.78 is 5.10. The molecule has 0 spiro atoms. The summed E-state index contributed by atoms with van der Waals surface area (Å²) in [6.07, 6.45) is 10.4. The number of hydrogen-bond donors (Lipinski definition) is 0. The number of methoxy groups -OCH3 is 1. The van der Waals surface area contributed by atoms with Crippen molar-refractivity contribution in [1.29, 1.82) is 0 Å². The molecule has 1 amide bonds. The highest BCUT2D eigenvalue weighted by atomic mass is 16.5. The predicted octanol–water partition coefficient (Wildman–Crippen LogP) is 3.09. The van der Waals surface area contributed by atoms with Crippen LogP contribution in [0.4, 0.5) is 0 Å². The van der Waals surface area contributed by atoms with Gasteiger partial charge in [0.2, 0.25) is 5.91 Å². The predicted molar refractivity (Wildman–Crippen MR) is 86.2 cm³/mol. The second-order valence-corrected chi connectivity index (χ2v) is 6.18. The van der Waals surface area contributed by atoms with Crippen molar-refractivity contribution >= 4 is 11.9 Å². The minimum absolute atomic E-state index is 0.0157. The van der Waals surface area contributed by atoms with Crippen LogP contribution in [0, 0.1) is 11.3 Å². The van der Waals surface area contributed by atoms with Crippen molar-refractivity contribution in [2.75, 3.05) is 20.2 Å². The molecule has 0 heterocycles. The largest absolute Gasteiger partial charge is 0.469 e. The van der Waals surface area contributed by atoms with Gasteiger partial charge in [-0.05, 0) is 46.0 Å². The second-order valence-electron chi connectivity index (χ2n) is 6.18. The minimum atomic E-state index is -0.461. The van der Waals surface area contributed by atoms with Gasteiger partial charge in [-0.25, -0.2) is 0 Å². The number of carbonyl (C=O) groups is 2. The van der Waals surface area contributed by atoms with E-state index in [0.717, 1.165) is 37.7 Å². The number of amides is 1. The molecule has 4 nitrogen and oxygen atoms in total. The zero-order chi connectivity index (χ0) is 16.2. The number of ether oxygens (including phenoxy) is 1. The van der Waals surface area contributed by atoms with Crippen LogP contribution in [0.15, 0.2) is 23.8 Å². The Labute approximate surface area is 133 Å². The topological polar surface area (TPSA) is 46.6 Å². The maximum Gasteiger partial charge on any atom is 0.312 e. The Morgan fingerprint density at radius 1 is 1.36 bits per heavy atom. The lowest BCUT2D eigenvalue weighted by Gasteiger charge is -2.44. The van der Waals surface area contributed by atoms with Crippen molar-refractivity contribution in [2.24, 2.45) is 11.3 Å². The molecule has 0 aromatic carbocycles. The van der Waals surface area contributed by atoms with Gasteiger partial charge < -0.3 is 9.64 Å². The summed E-state index contributed by atoms with van der Waals surface area (Å²) in [6.45, 7) is 5.39. The van der Waals surface area contributed by atoms with E-state index in [1.54, 1.807) is 6.08 Å². The molecule has 0 aromatic rings. The Morgan fingerprint density at radius 3 is 2.73 bits per heavy atom. The van der Waals surface area contributed by atoms with Gasteiger partial charge in [-0.2, -0.15) is 0 Å². The lowest BCUT2D eigenvalue weighted by Crippen LogP contribution is -2.44. The molecular weight excluding hydrogens is 278 g/mol. The summed E-state index contributed by atoms with van der Waals surface area (Å²) in [5.41, 5.74) is 0.626. The van der Waals surface area contributed by atoms with E-state index >= 15 is 0 Å². The number of esters is 1. The second kappa shape index (κ2) is 7.12. The average molecular weight is 305 g/mol. The molecule has 122 valence electrons. The number of carbonyl (C=O) groups excluding carboxylic acids is 2. The van der Waals surface area contributed by atoms with E-state index < -0.39 is 5.41 Å². The number of allylic oxidation sites excluding steroid dienone is 3. The van der Waals surface area contributed by atoms with Gasteiger partial charge in [0.05, 0.1) is 12.5 Å². The number of fused-ring (bicyclic) bond motifs is 1. The van der Waals surface area contributed by atoms with E-state index in [1.165, 1.54) is 7.11 Å². The molecule has 2 atom stereocenters. The number of likely N-dealkylation sites (N-methyl/N-ethyl adjacent to an activating group) is 1. The highest BCUT2D eigenvalue weighted by Gasteiger charge is 2.49. The molecule has 0 unspecified atom stereocenters. The van der Waals surface area contributed by atoms with Gasteiger partial charge in [-0.3, -0.25) is 9.59 Å². The van der Waals surface area contributed by atoms with Gasteiger partial charge >= 0.3 is 5.97 Å². The molecular formula is C18H27NO3. The average Bonchev–Trinajstić information content (AvgIpc) is 2.55. The molecule has 0 saturated heterocycles. The molecule has 0 aliphatic heterocycles. The summed E-state index contributed by atoms with van der Waals surface area (Å²) in [5, 5.41) is 0. The molecule has 0 bridgehead atoms. The summed E-state index contributed by atoms with van der Waals surface area (Å²) in [4.78, 5) is 26.6. The first-order valence-electron chi connectivity index (χ1n) is 8.33. The van der Waals surface area contributed by atoms with E-state index in [4.69, 9.17) is 4.74 Å². The van der Waals surface area contributed by atoms with E-state index in [0.29, 0.717) is 13.1 Å². The molecule has 0 radical (unpaired) electrons. The van der Waals surface area contributed by atoms with Crippen LogP contribution < -0.4 is 0 Å². The first-order chi connectivity index (χ1) is 10.6. The highest BCUT2D eigenvalue weighted by molar-refractivity contribution is 5.89. The fourth-order valence-corrected chi connectivity index (χ4v) is 3.92. The highest BCUT2D eigenvalue weighted by Crippen LogP contribution is 2.51. The van der Waals surface area contributed by atoms with Crippen molar-refractivity contribution < 1.29 is 14.3 Å². The molecule has 1 saturated carbocycles. The summed E-state index contributed by atoms with van der Waals surface area (Å²) in [7, 11) is 1.46. The van der Waals surface area contributed by atoms with E-state index in [-0.39, 0.29) is 17.8 Å². The van der Waals surface area contributed by atoms with Crippen molar-refractivity contribution in [3.8, 4) is 0 Å². The maximum absolute atomic E-state index is 12.4. The smallest absolute Gasteiger partial charge is 0.312 e. The molecule has 22 heavy (non-hydrogen) atoms. The molecule has 0 N–H and O–H groups in total. The van der Waals surface area contributed by atoms with Crippen LogP contribution >= 0.6 is 0 Å². The van der Waals surface area contributed by atoms with Crippen LogP contribution in [0.2, 0.25) is 0 Å². The zero-order valence-electron chi connectivity index (χ0n) is 13.9. The molecule has 0 aromatic heterocycles. The van der Waals surface area contributed by atoms with Crippen LogP contribution in [0.3, 0.4) is 0 Å². The first kappa shape index (κ1) is 16.8. The van der Waals surface area contributed by atoms with Gasteiger partial charge in [-0.15, -0.1) is 0 Å². The fourth-order valence-electron chi connectivity index (χ4n) is 3.92. The van der Waals surface area contributed by atoms with Crippen molar-refractivity contribution in [2.45, 2.75) is 46.0 Å². The zero-order valence-corrected chi connectivity index (χ0v) is 13.9. The number of rotatable bonds is 4. The number of nitrogens with zero attached hydrogens (tertiary/aromatic N) is 1. The van der Waals surface area contributed by atoms with Crippen molar-refractivity contribution in [3.05, 3.63) is 23.8 Å². The van der Waals surface area contributed by atoms with Crippen molar-refractivity contribution in [1.82, 2.24) is 4.90 Å². The Kier molecular flexibility index (Phi) is 5.43. The first-order valence-corrected chi connectivity index (χ1v) is 8.33. The van der Waals surface area contributed by atoms with E-state index in [1.807, 2.05) is 18.7 Å². The third-order valence-corrected chi connectivity index (χ3v) is 5.14. The van der Waals surface area contributed by atoms with Gasteiger partial charge in [0.1, 0.15) is 0 Å². The quantitative estimate of drug-likeness (QED) is 0.455.